The molecule has 1 aliphatic rings. The van der Waals surface area contributed by atoms with Gasteiger partial charge in [-0.2, -0.15) is 0 Å². The van der Waals surface area contributed by atoms with Crippen molar-refractivity contribution in [3.8, 4) is 11.5 Å². The number of nitrogens with one attached hydrogen (secondary N) is 1. The molecule has 0 bridgehead atoms. The van der Waals surface area contributed by atoms with E-state index in [1.807, 2.05) is 55.5 Å². The number of aromatic nitrogens is 1. The summed E-state index contributed by atoms with van der Waals surface area (Å²) in [6, 6.07) is 21.8. The number of aryl methyl sites for hydroxylation is 1. The fourth-order valence-corrected chi connectivity index (χ4v) is 5.20. The standard InChI is InChI=1S/C32H29ClN2O6/c1-20-13-24(15-22-9-5-6-10-25(22)33)32(39)35(18-20)27(14-21-7-3-2-4-8-21)31(38)34-26(17-30(36)37)23-11-12-28-29(16-23)41-19-40-28/h2-13,16,18,26-27H,14-15,17,19H2,1H3,(H,34,38)(H,36,37)/t26-,27-/m0/s1. The molecule has 41 heavy (non-hydrogen) atoms. The molecule has 1 amide bonds. The highest BCUT2D eigenvalue weighted by Crippen LogP contribution is 2.35. The van der Waals surface area contributed by atoms with Crippen LogP contribution in [0.15, 0.2) is 89.9 Å². The predicted molar refractivity (Wildman–Crippen MR) is 155 cm³/mol. The van der Waals surface area contributed by atoms with E-state index in [2.05, 4.69) is 5.32 Å². The van der Waals surface area contributed by atoms with Gasteiger partial charge < -0.3 is 24.5 Å². The summed E-state index contributed by atoms with van der Waals surface area (Å²) in [5, 5.41) is 13.1. The Morgan fingerprint density at radius 2 is 1.71 bits per heavy atom. The average molecular weight is 573 g/mol. The zero-order valence-corrected chi connectivity index (χ0v) is 23.1. The summed E-state index contributed by atoms with van der Waals surface area (Å²) in [7, 11) is 0. The van der Waals surface area contributed by atoms with Crippen molar-refractivity contribution in [1.82, 2.24) is 9.88 Å². The van der Waals surface area contributed by atoms with Crippen molar-refractivity contribution in [2.45, 2.75) is 38.3 Å². The molecule has 3 aromatic carbocycles. The second-order valence-electron chi connectivity index (χ2n) is 10.0. The van der Waals surface area contributed by atoms with Gasteiger partial charge in [-0.15, -0.1) is 0 Å². The third kappa shape index (κ3) is 6.61. The number of halogens is 1. The zero-order chi connectivity index (χ0) is 28.9. The van der Waals surface area contributed by atoms with E-state index in [-0.39, 0.29) is 25.2 Å². The van der Waals surface area contributed by atoms with Crippen LogP contribution in [-0.2, 0) is 22.4 Å². The lowest BCUT2D eigenvalue weighted by atomic mass is 9.99. The maximum absolute atomic E-state index is 14.0. The molecule has 1 aromatic heterocycles. The van der Waals surface area contributed by atoms with E-state index < -0.39 is 24.0 Å². The zero-order valence-electron chi connectivity index (χ0n) is 22.4. The van der Waals surface area contributed by atoms with E-state index in [9.17, 15) is 19.5 Å². The van der Waals surface area contributed by atoms with Gasteiger partial charge >= 0.3 is 5.97 Å². The van der Waals surface area contributed by atoms with E-state index in [1.54, 1.807) is 36.5 Å². The number of carbonyl (C=O) groups is 2. The van der Waals surface area contributed by atoms with Crippen LogP contribution in [0.5, 0.6) is 11.5 Å². The number of ether oxygens (including phenoxy) is 2. The number of amides is 1. The second-order valence-corrected chi connectivity index (χ2v) is 10.4. The Kier molecular flexibility index (Phi) is 8.40. The number of pyridine rings is 1. The van der Waals surface area contributed by atoms with Gasteiger partial charge in [0.15, 0.2) is 11.5 Å². The molecule has 0 saturated heterocycles. The number of carboxylic acid groups (broad SMARTS) is 1. The van der Waals surface area contributed by atoms with Gasteiger partial charge in [-0.05, 0) is 53.4 Å². The lowest BCUT2D eigenvalue weighted by Gasteiger charge is -2.25. The third-order valence-electron chi connectivity index (χ3n) is 7.00. The van der Waals surface area contributed by atoms with E-state index in [1.165, 1.54) is 4.57 Å². The van der Waals surface area contributed by atoms with Crippen molar-refractivity contribution in [2.24, 2.45) is 0 Å². The van der Waals surface area contributed by atoms with Crippen molar-refractivity contribution < 1.29 is 24.2 Å². The van der Waals surface area contributed by atoms with Gasteiger partial charge in [0.1, 0.15) is 6.04 Å². The maximum Gasteiger partial charge on any atom is 0.305 e. The molecule has 0 spiro atoms. The van der Waals surface area contributed by atoms with Crippen LogP contribution in [0.3, 0.4) is 0 Å². The highest BCUT2D eigenvalue weighted by Gasteiger charge is 2.28. The number of hydrogen-bond acceptors (Lipinski definition) is 5. The first-order valence-corrected chi connectivity index (χ1v) is 13.6. The summed E-state index contributed by atoms with van der Waals surface area (Å²) in [6.07, 6.45) is 1.84. The number of nitrogens with zero attached hydrogens (tertiary/aromatic N) is 1. The summed E-state index contributed by atoms with van der Waals surface area (Å²) < 4.78 is 12.3. The maximum atomic E-state index is 14.0. The van der Waals surface area contributed by atoms with Gasteiger partial charge in [-0.1, -0.05) is 66.2 Å². The number of fused-ring (bicyclic) bond motifs is 1. The van der Waals surface area contributed by atoms with Crippen molar-refractivity contribution in [3.63, 3.8) is 0 Å². The van der Waals surface area contributed by atoms with Crippen LogP contribution in [0.2, 0.25) is 5.02 Å². The second kappa shape index (κ2) is 12.3. The number of aliphatic carboxylic acids is 1. The summed E-state index contributed by atoms with van der Waals surface area (Å²) in [6.45, 7) is 1.93. The van der Waals surface area contributed by atoms with Gasteiger partial charge in [-0.25, -0.2) is 0 Å². The molecule has 9 heteroatoms. The minimum absolute atomic E-state index is 0.0701. The third-order valence-corrected chi connectivity index (χ3v) is 7.37. The fourth-order valence-electron chi connectivity index (χ4n) is 5.00. The minimum atomic E-state index is -1.08. The highest BCUT2D eigenvalue weighted by molar-refractivity contribution is 6.31. The molecule has 0 radical (unpaired) electrons. The Bertz CT molecular complexity index is 1640. The van der Waals surface area contributed by atoms with E-state index >= 15 is 0 Å². The molecular weight excluding hydrogens is 544 g/mol. The van der Waals surface area contributed by atoms with Crippen LogP contribution >= 0.6 is 11.6 Å². The van der Waals surface area contributed by atoms with E-state index in [0.717, 1.165) is 16.7 Å². The smallest absolute Gasteiger partial charge is 0.305 e. The molecule has 0 fully saturated rings. The number of rotatable bonds is 10. The van der Waals surface area contributed by atoms with Crippen LogP contribution in [0, 0.1) is 6.92 Å². The summed E-state index contributed by atoms with van der Waals surface area (Å²) in [4.78, 5) is 39.6. The van der Waals surface area contributed by atoms with Crippen LogP contribution < -0.4 is 20.3 Å². The fraction of sp³-hybridized carbons (Fsp3) is 0.219. The van der Waals surface area contributed by atoms with Crippen LogP contribution in [0.25, 0.3) is 0 Å². The van der Waals surface area contributed by atoms with Crippen LogP contribution in [0.1, 0.15) is 46.3 Å². The Hall–Kier alpha value is -4.56. The quantitative estimate of drug-likeness (QED) is 0.269. The molecular formula is C32H29ClN2O6. The van der Waals surface area contributed by atoms with Gasteiger partial charge in [0.2, 0.25) is 12.7 Å². The first-order valence-electron chi connectivity index (χ1n) is 13.2. The summed E-state index contributed by atoms with van der Waals surface area (Å²) in [5.41, 5.74) is 3.20. The minimum Gasteiger partial charge on any atom is -0.481 e. The normalized spacial score (nSPS) is 13.4. The molecule has 2 N–H and O–H groups in total. The molecule has 2 atom stereocenters. The van der Waals surface area contributed by atoms with Crippen LogP contribution in [-0.4, -0.2) is 28.3 Å². The first-order chi connectivity index (χ1) is 19.8. The first kappa shape index (κ1) is 28.0. The monoisotopic (exact) mass is 572 g/mol. The van der Waals surface area contributed by atoms with Crippen molar-refractivity contribution in [1.29, 1.82) is 0 Å². The lowest BCUT2D eigenvalue weighted by Crippen LogP contribution is -2.41. The van der Waals surface area contributed by atoms with Crippen molar-refractivity contribution in [2.75, 3.05) is 6.79 Å². The number of carboxylic acids is 1. The SMILES string of the molecule is Cc1cc(Cc2ccccc2Cl)c(=O)n([C@@H](Cc2ccccc2)C(=O)N[C@@H](CC(=O)O)c2ccc3c(c2)OCO3)c1. The van der Waals surface area contributed by atoms with Gasteiger partial charge in [0.05, 0.1) is 12.5 Å². The Balaban J connectivity index is 1.52. The van der Waals surface area contributed by atoms with Crippen LogP contribution in [0.4, 0.5) is 0 Å². The average Bonchev–Trinajstić information content (AvgIpc) is 3.43. The van der Waals surface area contributed by atoms with Gasteiger partial charge in [0, 0.05) is 29.6 Å². The Morgan fingerprint density at radius 1 is 0.976 bits per heavy atom. The molecule has 5 rings (SSSR count). The van der Waals surface area contributed by atoms with Gasteiger partial charge in [0.25, 0.3) is 5.56 Å². The number of benzene rings is 3. The summed E-state index contributed by atoms with van der Waals surface area (Å²) >= 11 is 6.38. The lowest BCUT2D eigenvalue weighted by molar-refractivity contribution is -0.137. The number of carbonyl (C=O) groups excluding carboxylic acids is 1. The van der Waals surface area contributed by atoms with E-state index in [4.69, 9.17) is 21.1 Å². The Labute approximate surface area is 242 Å². The van der Waals surface area contributed by atoms with E-state index in [0.29, 0.717) is 34.1 Å². The molecule has 0 aliphatic carbocycles. The Morgan fingerprint density at radius 3 is 2.46 bits per heavy atom. The molecule has 0 saturated carbocycles. The molecule has 8 nitrogen and oxygen atoms in total. The predicted octanol–water partition coefficient (Wildman–Crippen LogP) is 5.25. The largest absolute Gasteiger partial charge is 0.481 e. The topological polar surface area (TPSA) is 107 Å². The molecule has 0 unspecified atom stereocenters. The molecule has 210 valence electrons. The van der Waals surface area contributed by atoms with Crippen molar-refractivity contribution in [3.05, 3.63) is 128 Å². The highest BCUT2D eigenvalue weighted by atomic mass is 35.5. The van der Waals surface area contributed by atoms with Crippen molar-refractivity contribution >= 4 is 23.5 Å². The number of hydrogen-bond donors (Lipinski definition) is 2. The molecule has 2 heterocycles. The summed E-state index contributed by atoms with van der Waals surface area (Å²) in [5.74, 6) is -0.531. The van der Waals surface area contributed by atoms with Gasteiger partial charge in [-0.3, -0.25) is 14.4 Å². The molecule has 1 aliphatic heterocycles. The molecule has 4 aromatic rings.